The van der Waals surface area contributed by atoms with Crippen LogP contribution in [0.5, 0.6) is 0 Å². The molecule has 7 heteroatoms. The van der Waals surface area contributed by atoms with Crippen LogP contribution in [0, 0.1) is 0 Å². The van der Waals surface area contributed by atoms with E-state index in [1.54, 1.807) is 11.3 Å². The maximum atomic E-state index is 11.9. The maximum Gasteiger partial charge on any atom is 0.240 e. The van der Waals surface area contributed by atoms with Crippen molar-refractivity contribution in [3.05, 3.63) is 41.4 Å². The van der Waals surface area contributed by atoms with Gasteiger partial charge in [-0.15, -0.1) is 11.3 Å². The van der Waals surface area contributed by atoms with Gasteiger partial charge in [0.2, 0.25) is 11.8 Å². The van der Waals surface area contributed by atoms with Gasteiger partial charge in [0, 0.05) is 29.5 Å². The molecular formula is C17H18N4O2S. The van der Waals surface area contributed by atoms with E-state index >= 15 is 0 Å². The van der Waals surface area contributed by atoms with Crippen molar-refractivity contribution in [3.63, 3.8) is 0 Å². The first-order valence-electron chi connectivity index (χ1n) is 7.81. The van der Waals surface area contributed by atoms with Crippen LogP contribution in [-0.4, -0.2) is 22.5 Å². The molecule has 2 N–H and O–H groups in total. The van der Waals surface area contributed by atoms with Crippen LogP contribution < -0.4 is 10.7 Å². The first-order chi connectivity index (χ1) is 11.7. The molecule has 0 unspecified atom stereocenters. The van der Waals surface area contributed by atoms with Crippen molar-refractivity contribution in [1.29, 1.82) is 0 Å². The summed E-state index contributed by atoms with van der Waals surface area (Å²) in [6.45, 7) is 0.422. The van der Waals surface area contributed by atoms with Crippen LogP contribution in [0.4, 0.5) is 0 Å². The second-order valence-corrected chi connectivity index (χ2v) is 6.36. The second kappa shape index (κ2) is 7.83. The van der Waals surface area contributed by atoms with Crippen LogP contribution >= 0.6 is 11.3 Å². The molecule has 0 aliphatic carbocycles. The molecule has 0 bridgehead atoms. The fraction of sp³-hybridized carbons (Fsp3) is 0.294. The number of hydrazone groups is 1. The number of hydrogen-bond donors (Lipinski definition) is 2. The van der Waals surface area contributed by atoms with Crippen LogP contribution in [0.3, 0.4) is 0 Å². The largest absolute Gasteiger partial charge is 0.350 e. The van der Waals surface area contributed by atoms with E-state index in [2.05, 4.69) is 20.8 Å². The minimum atomic E-state index is -0.0686. The molecule has 1 aliphatic rings. The van der Waals surface area contributed by atoms with Crippen molar-refractivity contribution in [2.45, 2.75) is 32.2 Å². The van der Waals surface area contributed by atoms with Crippen molar-refractivity contribution < 1.29 is 9.59 Å². The van der Waals surface area contributed by atoms with Gasteiger partial charge >= 0.3 is 0 Å². The first kappa shape index (κ1) is 16.3. The van der Waals surface area contributed by atoms with Gasteiger partial charge in [-0.3, -0.25) is 9.59 Å². The summed E-state index contributed by atoms with van der Waals surface area (Å²) in [6.07, 6.45) is 2.01. The Bertz CT molecular complexity index is 755. The van der Waals surface area contributed by atoms with E-state index in [4.69, 9.17) is 0 Å². The molecule has 124 valence electrons. The summed E-state index contributed by atoms with van der Waals surface area (Å²) in [5.41, 5.74) is 5.24. The van der Waals surface area contributed by atoms with Crippen LogP contribution in [0.1, 0.15) is 31.4 Å². The van der Waals surface area contributed by atoms with E-state index in [-0.39, 0.29) is 11.8 Å². The monoisotopic (exact) mass is 342 g/mol. The van der Waals surface area contributed by atoms with Gasteiger partial charge in [-0.05, 0) is 12.8 Å². The predicted octanol–water partition coefficient (Wildman–Crippen LogP) is 2.47. The third-order valence-corrected chi connectivity index (χ3v) is 4.60. The Labute approximate surface area is 144 Å². The number of thiazole rings is 1. The maximum absolute atomic E-state index is 11.9. The Morgan fingerprint density at radius 1 is 1.25 bits per heavy atom. The van der Waals surface area contributed by atoms with Gasteiger partial charge in [0.05, 0.1) is 12.2 Å². The molecule has 0 saturated heterocycles. The zero-order valence-electron chi connectivity index (χ0n) is 13.1. The number of nitrogens with one attached hydrogen (secondary N) is 2. The lowest BCUT2D eigenvalue weighted by atomic mass is 10.1. The highest BCUT2D eigenvalue weighted by molar-refractivity contribution is 7.13. The molecule has 2 heterocycles. The molecule has 1 aliphatic heterocycles. The van der Waals surface area contributed by atoms with Gasteiger partial charge in [0.25, 0.3) is 0 Å². The SMILES string of the molecule is O=C(CCC1=NNC(=O)CC1)NCc1csc(-c2ccccc2)n1. The fourth-order valence-electron chi connectivity index (χ4n) is 2.33. The lowest BCUT2D eigenvalue weighted by molar-refractivity contribution is -0.121. The number of carbonyl (C=O) groups excluding carboxylic acids is 2. The molecule has 1 aromatic heterocycles. The molecule has 0 saturated carbocycles. The van der Waals surface area contributed by atoms with Gasteiger partial charge in [-0.2, -0.15) is 5.10 Å². The van der Waals surface area contributed by atoms with Gasteiger partial charge in [0.15, 0.2) is 0 Å². The summed E-state index contributed by atoms with van der Waals surface area (Å²) in [5.74, 6) is -0.107. The van der Waals surface area contributed by atoms with Crippen molar-refractivity contribution >= 4 is 28.9 Å². The summed E-state index contributed by atoms with van der Waals surface area (Å²) in [6, 6.07) is 9.97. The third-order valence-electron chi connectivity index (χ3n) is 3.66. The molecule has 2 aromatic rings. The first-order valence-corrected chi connectivity index (χ1v) is 8.69. The molecule has 0 spiro atoms. The summed E-state index contributed by atoms with van der Waals surface area (Å²) in [4.78, 5) is 27.5. The summed E-state index contributed by atoms with van der Waals surface area (Å²) < 4.78 is 0. The van der Waals surface area contributed by atoms with Crippen LogP contribution in [-0.2, 0) is 16.1 Å². The molecule has 3 rings (SSSR count). The molecular weight excluding hydrogens is 324 g/mol. The molecule has 0 atom stereocenters. The van der Waals surface area contributed by atoms with E-state index < -0.39 is 0 Å². The van der Waals surface area contributed by atoms with Gasteiger partial charge in [-0.25, -0.2) is 10.4 Å². The number of hydrogen-bond acceptors (Lipinski definition) is 5. The van der Waals surface area contributed by atoms with Crippen LogP contribution in [0.2, 0.25) is 0 Å². The van der Waals surface area contributed by atoms with Crippen molar-refractivity contribution in [2.75, 3.05) is 0 Å². The van der Waals surface area contributed by atoms with E-state index in [1.807, 2.05) is 35.7 Å². The predicted molar refractivity (Wildman–Crippen MR) is 93.4 cm³/mol. The molecule has 6 nitrogen and oxygen atoms in total. The van der Waals surface area contributed by atoms with Crippen LogP contribution in [0.25, 0.3) is 10.6 Å². The normalized spacial score (nSPS) is 14.0. The zero-order valence-corrected chi connectivity index (χ0v) is 13.9. The van der Waals surface area contributed by atoms with E-state index in [0.717, 1.165) is 22.0 Å². The standard InChI is InChI=1S/C17H18N4O2S/c22-15(8-6-13-7-9-16(23)21-20-13)18-10-14-11-24-17(19-14)12-4-2-1-3-5-12/h1-5,11H,6-10H2,(H,18,22)(H,21,23). The van der Waals surface area contributed by atoms with Crippen molar-refractivity contribution in [3.8, 4) is 10.6 Å². The minimum absolute atomic E-state index is 0.0381. The van der Waals surface area contributed by atoms with Gasteiger partial charge in [0.1, 0.15) is 5.01 Å². The van der Waals surface area contributed by atoms with E-state index in [0.29, 0.717) is 32.2 Å². The number of carbonyl (C=O) groups is 2. The second-order valence-electron chi connectivity index (χ2n) is 5.50. The number of aromatic nitrogens is 1. The highest BCUT2D eigenvalue weighted by atomic mass is 32.1. The average Bonchev–Trinajstić information content (AvgIpc) is 3.09. The quantitative estimate of drug-likeness (QED) is 0.846. The molecule has 1 aromatic carbocycles. The van der Waals surface area contributed by atoms with Crippen LogP contribution in [0.15, 0.2) is 40.8 Å². The third kappa shape index (κ3) is 4.48. The van der Waals surface area contributed by atoms with Crippen molar-refractivity contribution in [2.24, 2.45) is 5.10 Å². The Morgan fingerprint density at radius 3 is 2.83 bits per heavy atom. The Balaban J connectivity index is 1.45. The topological polar surface area (TPSA) is 83.5 Å². The fourth-order valence-corrected chi connectivity index (χ4v) is 3.15. The number of rotatable bonds is 6. The van der Waals surface area contributed by atoms with E-state index in [1.165, 1.54) is 0 Å². The van der Waals surface area contributed by atoms with Gasteiger partial charge < -0.3 is 5.32 Å². The number of benzene rings is 1. The smallest absolute Gasteiger partial charge is 0.240 e. The highest BCUT2D eigenvalue weighted by Gasteiger charge is 2.13. The van der Waals surface area contributed by atoms with Crippen molar-refractivity contribution in [1.82, 2.24) is 15.7 Å². The lowest BCUT2D eigenvalue weighted by Crippen LogP contribution is -2.27. The minimum Gasteiger partial charge on any atom is -0.350 e. The highest BCUT2D eigenvalue weighted by Crippen LogP contribution is 2.23. The summed E-state index contributed by atoms with van der Waals surface area (Å²) in [7, 11) is 0. The average molecular weight is 342 g/mol. The number of nitrogens with zero attached hydrogens (tertiary/aromatic N) is 2. The van der Waals surface area contributed by atoms with E-state index in [9.17, 15) is 9.59 Å². The Kier molecular flexibility index (Phi) is 5.32. The summed E-state index contributed by atoms with van der Waals surface area (Å²) in [5, 5.41) is 9.75. The van der Waals surface area contributed by atoms with Gasteiger partial charge in [-0.1, -0.05) is 30.3 Å². The summed E-state index contributed by atoms with van der Waals surface area (Å²) >= 11 is 1.57. The zero-order chi connectivity index (χ0) is 16.8. The lowest BCUT2D eigenvalue weighted by Gasteiger charge is -2.11. The molecule has 0 fully saturated rings. The molecule has 2 amide bonds. The number of amides is 2. The molecule has 24 heavy (non-hydrogen) atoms. The molecule has 0 radical (unpaired) electrons. The Hall–Kier alpha value is -2.54. The Morgan fingerprint density at radius 2 is 2.08 bits per heavy atom.